The lowest BCUT2D eigenvalue weighted by Crippen LogP contribution is -2.15. The van der Waals surface area contributed by atoms with E-state index in [0.29, 0.717) is 21.3 Å². The van der Waals surface area contributed by atoms with Crippen LogP contribution in [0.15, 0.2) is 66.7 Å². The molecule has 31 heavy (non-hydrogen) atoms. The van der Waals surface area contributed by atoms with Crippen molar-refractivity contribution in [2.75, 3.05) is 16.8 Å². The van der Waals surface area contributed by atoms with Gasteiger partial charge in [0.25, 0.3) is 5.91 Å². The van der Waals surface area contributed by atoms with E-state index in [1.807, 2.05) is 24.3 Å². The van der Waals surface area contributed by atoms with Gasteiger partial charge in [0, 0.05) is 28.2 Å². The molecule has 154 valence electrons. The van der Waals surface area contributed by atoms with Gasteiger partial charge in [0.15, 0.2) is 0 Å². The first-order valence-electron chi connectivity index (χ1n) is 10.0. The summed E-state index contributed by atoms with van der Waals surface area (Å²) in [6.07, 6.45) is 0.948. The minimum absolute atomic E-state index is 0.225. The van der Waals surface area contributed by atoms with Crippen LogP contribution in [0.4, 0.5) is 17.2 Å². The third kappa shape index (κ3) is 3.85. The Kier molecular flexibility index (Phi) is 5.05. The van der Waals surface area contributed by atoms with E-state index in [1.165, 1.54) is 16.5 Å². The molecule has 1 N–H and O–H groups in total. The summed E-state index contributed by atoms with van der Waals surface area (Å²) in [7, 11) is 0. The molecule has 1 aliphatic rings. The first kappa shape index (κ1) is 19.9. The number of anilines is 3. The molecule has 5 rings (SSSR count). The van der Waals surface area contributed by atoms with E-state index < -0.39 is 0 Å². The summed E-state index contributed by atoms with van der Waals surface area (Å²) >= 11 is 12.1. The van der Waals surface area contributed by atoms with Gasteiger partial charge in [-0.25, -0.2) is 4.98 Å². The van der Waals surface area contributed by atoms with E-state index in [9.17, 15) is 4.79 Å². The maximum absolute atomic E-state index is 12.6. The van der Waals surface area contributed by atoms with Crippen LogP contribution in [0, 0.1) is 6.92 Å². The van der Waals surface area contributed by atoms with Gasteiger partial charge >= 0.3 is 0 Å². The van der Waals surface area contributed by atoms with Crippen LogP contribution >= 0.6 is 23.2 Å². The molecule has 0 spiro atoms. The van der Waals surface area contributed by atoms with Gasteiger partial charge in [-0.05, 0) is 79.1 Å². The number of aromatic nitrogens is 1. The number of fused-ring (bicyclic) bond motifs is 2. The van der Waals surface area contributed by atoms with Crippen molar-refractivity contribution in [3.8, 4) is 0 Å². The van der Waals surface area contributed by atoms with Crippen LogP contribution in [-0.2, 0) is 6.42 Å². The van der Waals surface area contributed by atoms with Gasteiger partial charge in [-0.3, -0.25) is 4.79 Å². The molecule has 0 saturated heterocycles. The van der Waals surface area contributed by atoms with Crippen molar-refractivity contribution < 1.29 is 4.79 Å². The number of nitrogens with one attached hydrogen (secondary N) is 1. The minimum atomic E-state index is -0.225. The largest absolute Gasteiger partial charge is 0.326 e. The number of rotatable bonds is 3. The Morgan fingerprint density at radius 1 is 1.00 bits per heavy atom. The highest BCUT2D eigenvalue weighted by Gasteiger charge is 2.23. The van der Waals surface area contributed by atoms with Crippen LogP contribution in [0.1, 0.15) is 21.5 Å². The quantitative estimate of drug-likeness (QED) is 0.375. The van der Waals surface area contributed by atoms with Crippen LogP contribution in [0.3, 0.4) is 0 Å². The molecular weight excluding hydrogens is 429 g/mol. The summed E-state index contributed by atoms with van der Waals surface area (Å²) in [5, 5.41) is 4.92. The first-order valence-corrected chi connectivity index (χ1v) is 10.8. The van der Waals surface area contributed by atoms with Gasteiger partial charge in [0.05, 0.1) is 16.2 Å². The van der Waals surface area contributed by atoms with Crippen molar-refractivity contribution in [3.63, 3.8) is 0 Å². The standard InChI is InChI=1S/C25H19Cl2N3O/c1-15-2-3-17-13-18-10-11-30(24(18)28-23(17)12-15)20-7-4-16(5-8-20)25(31)29-22-9-6-19(26)14-21(22)27/h2-9,12-14H,10-11H2,1H3,(H,29,31). The number of hydrogen-bond donors (Lipinski definition) is 1. The van der Waals surface area contributed by atoms with Crippen LogP contribution in [0.2, 0.25) is 10.0 Å². The molecule has 6 heteroatoms. The average molecular weight is 448 g/mol. The highest BCUT2D eigenvalue weighted by Crippen LogP contribution is 2.35. The van der Waals surface area contributed by atoms with Gasteiger partial charge in [-0.2, -0.15) is 0 Å². The van der Waals surface area contributed by atoms with E-state index >= 15 is 0 Å². The molecule has 1 aliphatic heterocycles. The third-order valence-electron chi connectivity index (χ3n) is 5.51. The molecule has 2 heterocycles. The molecule has 0 bridgehead atoms. The summed E-state index contributed by atoms with van der Waals surface area (Å²) in [5.41, 5.74) is 5.54. The summed E-state index contributed by atoms with van der Waals surface area (Å²) in [4.78, 5) is 19.8. The van der Waals surface area contributed by atoms with Crippen LogP contribution in [0.5, 0.6) is 0 Å². The van der Waals surface area contributed by atoms with Gasteiger partial charge in [0.1, 0.15) is 5.82 Å². The predicted octanol–water partition coefficient (Wildman–Crippen LogP) is 6.80. The number of carbonyl (C=O) groups excluding carboxylic acids is 1. The topological polar surface area (TPSA) is 45.2 Å². The molecule has 0 unspecified atom stereocenters. The first-order chi connectivity index (χ1) is 15.0. The molecule has 4 aromatic rings. The Labute approximate surface area is 190 Å². The molecule has 0 radical (unpaired) electrons. The Morgan fingerprint density at radius 2 is 1.81 bits per heavy atom. The Bertz CT molecular complexity index is 1320. The minimum Gasteiger partial charge on any atom is -0.326 e. The second kappa shape index (κ2) is 7.88. The number of pyridine rings is 1. The van der Waals surface area contributed by atoms with Gasteiger partial charge < -0.3 is 10.2 Å². The number of hydrogen-bond acceptors (Lipinski definition) is 3. The Balaban J connectivity index is 1.39. The highest BCUT2D eigenvalue weighted by molar-refractivity contribution is 6.36. The fourth-order valence-corrected chi connectivity index (χ4v) is 4.35. The lowest BCUT2D eigenvalue weighted by atomic mass is 10.1. The smallest absolute Gasteiger partial charge is 0.255 e. The van der Waals surface area contributed by atoms with Crippen LogP contribution < -0.4 is 10.2 Å². The Hall–Kier alpha value is -3.08. The molecule has 3 aromatic carbocycles. The second-order valence-electron chi connectivity index (χ2n) is 7.69. The molecule has 0 atom stereocenters. The van der Waals surface area contributed by atoms with Crippen molar-refractivity contribution in [3.05, 3.63) is 93.5 Å². The molecule has 0 aliphatic carbocycles. The van der Waals surface area contributed by atoms with E-state index in [2.05, 4.69) is 41.4 Å². The lowest BCUT2D eigenvalue weighted by Gasteiger charge is -2.19. The monoisotopic (exact) mass is 447 g/mol. The summed E-state index contributed by atoms with van der Waals surface area (Å²) in [6, 6.07) is 21.1. The second-order valence-corrected chi connectivity index (χ2v) is 8.54. The fourth-order valence-electron chi connectivity index (χ4n) is 3.90. The number of benzene rings is 3. The Morgan fingerprint density at radius 3 is 2.58 bits per heavy atom. The van der Waals surface area contributed by atoms with E-state index in [1.54, 1.807) is 18.2 Å². The SMILES string of the molecule is Cc1ccc2cc3c(nc2c1)N(c1ccc(C(=O)Nc2ccc(Cl)cc2Cl)cc1)CC3. The lowest BCUT2D eigenvalue weighted by molar-refractivity contribution is 0.102. The number of carbonyl (C=O) groups is 1. The zero-order chi connectivity index (χ0) is 21.5. The summed E-state index contributed by atoms with van der Waals surface area (Å²) in [6.45, 7) is 2.94. The zero-order valence-electron chi connectivity index (χ0n) is 16.8. The molecular formula is C25H19Cl2N3O. The molecule has 0 fully saturated rings. The van der Waals surface area contributed by atoms with E-state index in [4.69, 9.17) is 28.2 Å². The molecule has 4 nitrogen and oxygen atoms in total. The number of aryl methyl sites for hydroxylation is 1. The van der Waals surface area contributed by atoms with Gasteiger partial charge in [-0.15, -0.1) is 0 Å². The highest BCUT2D eigenvalue weighted by atomic mass is 35.5. The van der Waals surface area contributed by atoms with E-state index in [0.717, 1.165) is 30.0 Å². The zero-order valence-corrected chi connectivity index (χ0v) is 18.3. The van der Waals surface area contributed by atoms with Gasteiger partial charge in [-0.1, -0.05) is 35.3 Å². The van der Waals surface area contributed by atoms with Crippen molar-refractivity contribution >= 4 is 57.2 Å². The van der Waals surface area contributed by atoms with Crippen molar-refractivity contribution in [1.29, 1.82) is 0 Å². The van der Waals surface area contributed by atoms with Crippen molar-refractivity contribution in [2.24, 2.45) is 0 Å². The maximum atomic E-state index is 12.6. The van der Waals surface area contributed by atoms with Crippen molar-refractivity contribution in [1.82, 2.24) is 4.98 Å². The van der Waals surface area contributed by atoms with Crippen LogP contribution in [0.25, 0.3) is 10.9 Å². The maximum Gasteiger partial charge on any atom is 0.255 e. The molecule has 1 aromatic heterocycles. The summed E-state index contributed by atoms with van der Waals surface area (Å²) in [5.74, 6) is 0.764. The van der Waals surface area contributed by atoms with Crippen molar-refractivity contribution in [2.45, 2.75) is 13.3 Å². The normalized spacial score (nSPS) is 12.8. The predicted molar refractivity (Wildman–Crippen MR) is 128 cm³/mol. The number of nitrogens with zero attached hydrogens (tertiary/aromatic N) is 2. The average Bonchev–Trinajstić information content (AvgIpc) is 3.17. The van der Waals surface area contributed by atoms with Crippen LogP contribution in [-0.4, -0.2) is 17.4 Å². The summed E-state index contributed by atoms with van der Waals surface area (Å²) < 4.78 is 0. The number of amides is 1. The molecule has 1 amide bonds. The number of halogens is 2. The molecule has 0 saturated carbocycles. The van der Waals surface area contributed by atoms with E-state index in [-0.39, 0.29) is 5.91 Å². The third-order valence-corrected chi connectivity index (χ3v) is 6.06. The van der Waals surface area contributed by atoms with Gasteiger partial charge in [0.2, 0.25) is 0 Å². The fraction of sp³-hybridized carbons (Fsp3) is 0.120.